The summed E-state index contributed by atoms with van der Waals surface area (Å²) in [5.41, 5.74) is 1.19. The summed E-state index contributed by atoms with van der Waals surface area (Å²) in [6, 6.07) is 20.0. The minimum absolute atomic E-state index is 0.107. The van der Waals surface area contributed by atoms with Gasteiger partial charge >= 0.3 is 0 Å². The zero-order valence-electron chi connectivity index (χ0n) is 13.6. The van der Waals surface area contributed by atoms with E-state index in [9.17, 15) is 4.21 Å². The lowest BCUT2D eigenvalue weighted by atomic mass is 10.0. The predicted molar refractivity (Wildman–Crippen MR) is 94.7 cm³/mol. The van der Waals surface area contributed by atoms with Crippen LogP contribution in [-0.4, -0.2) is 15.2 Å². The monoisotopic (exact) mass is 328 g/mol. The molecule has 3 heteroatoms. The fraction of sp³-hybridized carbons (Fsp3) is 0.400. The Hall–Kier alpha value is -1.45. The van der Waals surface area contributed by atoms with Crippen molar-refractivity contribution in [3.63, 3.8) is 0 Å². The number of rotatable bonds is 8. The number of epoxide rings is 1. The van der Waals surface area contributed by atoms with Gasteiger partial charge in [0.25, 0.3) is 0 Å². The summed E-state index contributed by atoms with van der Waals surface area (Å²) in [7, 11) is -1.14. The van der Waals surface area contributed by atoms with Crippen LogP contribution in [0.15, 0.2) is 65.6 Å². The Balaban J connectivity index is 1.79. The van der Waals surface area contributed by atoms with Gasteiger partial charge in [-0.15, -0.1) is 0 Å². The van der Waals surface area contributed by atoms with Gasteiger partial charge in [-0.3, -0.25) is 4.21 Å². The van der Waals surface area contributed by atoms with Crippen LogP contribution in [0.4, 0.5) is 0 Å². The van der Waals surface area contributed by atoms with Crippen molar-refractivity contribution in [2.75, 3.05) is 0 Å². The highest BCUT2D eigenvalue weighted by Gasteiger charge is 2.60. The number of hydrogen-bond donors (Lipinski definition) is 0. The normalized spacial score (nSPS) is 24.3. The highest BCUT2D eigenvalue weighted by molar-refractivity contribution is 7.86. The predicted octanol–water partition coefficient (Wildman–Crippen LogP) is 4.71. The largest absolute Gasteiger partial charge is 0.351 e. The number of ether oxygens (including phenoxy) is 1. The van der Waals surface area contributed by atoms with Crippen molar-refractivity contribution in [2.24, 2.45) is 0 Å². The van der Waals surface area contributed by atoms with Crippen molar-refractivity contribution < 1.29 is 8.95 Å². The van der Waals surface area contributed by atoms with Gasteiger partial charge in [0.2, 0.25) is 0 Å². The Morgan fingerprint density at radius 3 is 2.30 bits per heavy atom. The van der Waals surface area contributed by atoms with Crippen molar-refractivity contribution in [3.8, 4) is 0 Å². The summed E-state index contributed by atoms with van der Waals surface area (Å²) in [5, 5.41) is 0. The maximum absolute atomic E-state index is 13.2. The second-order valence-electron chi connectivity index (χ2n) is 6.16. The first-order valence-corrected chi connectivity index (χ1v) is 9.60. The molecule has 2 aromatic carbocycles. The molecule has 2 nitrogen and oxygen atoms in total. The minimum atomic E-state index is -1.14. The van der Waals surface area contributed by atoms with Gasteiger partial charge in [-0.05, 0) is 24.1 Å². The van der Waals surface area contributed by atoms with Crippen molar-refractivity contribution in [1.29, 1.82) is 0 Å². The molecular formula is C20H24O2S. The van der Waals surface area contributed by atoms with Crippen LogP contribution in [0, 0.1) is 0 Å². The van der Waals surface area contributed by atoms with Crippen LogP contribution in [0.25, 0.3) is 0 Å². The van der Waals surface area contributed by atoms with Crippen LogP contribution < -0.4 is 0 Å². The molecule has 1 saturated heterocycles. The maximum Gasteiger partial charge on any atom is 0.177 e. The Morgan fingerprint density at radius 1 is 1.00 bits per heavy atom. The van der Waals surface area contributed by atoms with Crippen LogP contribution in [0.5, 0.6) is 0 Å². The Morgan fingerprint density at radius 2 is 1.65 bits per heavy atom. The molecule has 0 radical (unpaired) electrons. The van der Waals surface area contributed by atoms with Crippen molar-refractivity contribution in [2.45, 2.75) is 55.0 Å². The summed E-state index contributed by atoms with van der Waals surface area (Å²) in [6.07, 6.45) is 5.37. The molecule has 3 atom stereocenters. The van der Waals surface area contributed by atoms with Gasteiger partial charge < -0.3 is 4.74 Å². The van der Waals surface area contributed by atoms with Gasteiger partial charge in [0.15, 0.2) is 4.93 Å². The molecule has 0 N–H and O–H groups in total. The molecule has 1 heterocycles. The molecule has 0 amide bonds. The van der Waals surface area contributed by atoms with Crippen LogP contribution in [0.3, 0.4) is 0 Å². The molecule has 3 rings (SSSR count). The molecule has 122 valence electrons. The van der Waals surface area contributed by atoms with Gasteiger partial charge in [0, 0.05) is 11.3 Å². The van der Waals surface area contributed by atoms with Gasteiger partial charge in [-0.2, -0.15) is 0 Å². The Kier molecular flexibility index (Phi) is 5.29. The van der Waals surface area contributed by atoms with Gasteiger partial charge in [0.05, 0.1) is 10.8 Å². The maximum atomic E-state index is 13.2. The van der Waals surface area contributed by atoms with Crippen molar-refractivity contribution in [1.82, 2.24) is 0 Å². The van der Waals surface area contributed by atoms with E-state index in [0.717, 1.165) is 17.7 Å². The molecule has 0 spiro atoms. The fourth-order valence-corrected chi connectivity index (χ4v) is 4.73. The first-order valence-electron chi connectivity index (χ1n) is 8.45. The molecule has 2 aromatic rings. The van der Waals surface area contributed by atoms with Crippen molar-refractivity contribution in [3.05, 3.63) is 66.2 Å². The summed E-state index contributed by atoms with van der Waals surface area (Å²) in [5.74, 6) is 0. The first-order chi connectivity index (χ1) is 11.3. The fourth-order valence-electron chi connectivity index (χ4n) is 3.07. The molecule has 23 heavy (non-hydrogen) atoms. The van der Waals surface area contributed by atoms with Crippen LogP contribution in [-0.2, 0) is 22.0 Å². The number of benzene rings is 2. The standard InChI is InChI=1S/C20H24O2S/c1-2-3-6-15-19-20(22-19,16-17-11-7-4-8-12-17)23(21)18-13-9-5-10-14-18/h4-5,7-14,19H,2-3,6,15-16H2,1H3. The van der Waals surface area contributed by atoms with E-state index in [2.05, 4.69) is 19.1 Å². The van der Waals surface area contributed by atoms with E-state index < -0.39 is 15.7 Å². The molecule has 0 saturated carbocycles. The van der Waals surface area contributed by atoms with E-state index in [1.807, 2.05) is 48.5 Å². The van der Waals surface area contributed by atoms with Gasteiger partial charge in [0.1, 0.15) is 6.10 Å². The molecule has 1 fully saturated rings. The summed E-state index contributed by atoms with van der Waals surface area (Å²) in [6.45, 7) is 2.20. The third kappa shape index (κ3) is 3.73. The van der Waals surface area contributed by atoms with Crippen LogP contribution in [0.1, 0.15) is 38.2 Å². The van der Waals surface area contributed by atoms with E-state index in [-0.39, 0.29) is 6.10 Å². The van der Waals surface area contributed by atoms with Crippen LogP contribution in [0.2, 0.25) is 0 Å². The highest BCUT2D eigenvalue weighted by atomic mass is 32.2. The number of hydrogen-bond acceptors (Lipinski definition) is 2. The molecule has 0 aliphatic carbocycles. The number of unbranched alkanes of at least 4 members (excludes halogenated alkanes) is 2. The van der Waals surface area contributed by atoms with Crippen molar-refractivity contribution >= 4 is 10.8 Å². The van der Waals surface area contributed by atoms with Gasteiger partial charge in [-0.25, -0.2) is 0 Å². The quantitative estimate of drug-likeness (QED) is 0.519. The lowest BCUT2D eigenvalue weighted by molar-refractivity contribution is 0.340. The minimum Gasteiger partial charge on any atom is -0.351 e. The summed E-state index contributed by atoms with van der Waals surface area (Å²) >= 11 is 0. The third-order valence-electron chi connectivity index (χ3n) is 4.41. The molecule has 0 bridgehead atoms. The van der Waals surface area contributed by atoms with E-state index in [1.54, 1.807) is 0 Å². The smallest absolute Gasteiger partial charge is 0.177 e. The lowest BCUT2D eigenvalue weighted by Crippen LogP contribution is -2.25. The molecule has 1 aliphatic heterocycles. The van der Waals surface area contributed by atoms with Crippen LogP contribution >= 0.6 is 0 Å². The Labute approximate surface area is 141 Å². The molecule has 3 unspecified atom stereocenters. The zero-order chi connectivity index (χ0) is 16.1. The molecule has 1 aliphatic rings. The second-order valence-corrected chi connectivity index (χ2v) is 7.86. The molecular weight excluding hydrogens is 304 g/mol. The summed E-state index contributed by atoms with van der Waals surface area (Å²) < 4.78 is 19.2. The average Bonchev–Trinajstić information content (AvgIpc) is 3.30. The molecule has 0 aromatic heterocycles. The topological polar surface area (TPSA) is 29.6 Å². The second kappa shape index (κ2) is 7.41. The van der Waals surface area contributed by atoms with E-state index in [4.69, 9.17) is 4.74 Å². The average molecular weight is 328 g/mol. The highest BCUT2D eigenvalue weighted by Crippen LogP contribution is 2.47. The summed E-state index contributed by atoms with van der Waals surface area (Å²) in [4.78, 5) is 0.317. The zero-order valence-corrected chi connectivity index (χ0v) is 14.4. The SMILES string of the molecule is CCCCCC1OC1(Cc1ccccc1)S(=O)c1ccccc1. The lowest BCUT2D eigenvalue weighted by Gasteiger charge is -2.13. The van der Waals surface area contributed by atoms with E-state index >= 15 is 0 Å². The first kappa shape index (κ1) is 16.4. The van der Waals surface area contributed by atoms with Gasteiger partial charge in [-0.1, -0.05) is 74.7 Å². The van der Waals surface area contributed by atoms with E-state index in [0.29, 0.717) is 6.42 Å². The third-order valence-corrected chi connectivity index (χ3v) is 6.24. The van der Waals surface area contributed by atoms with E-state index in [1.165, 1.54) is 18.4 Å². The Bertz CT molecular complexity index is 641.